The number of ether oxygens (including phenoxy) is 1. The molecule has 0 fully saturated rings. The molecule has 82 valence electrons. The minimum absolute atomic E-state index is 0.274. The van der Waals surface area contributed by atoms with Crippen LogP contribution < -0.4 is 5.73 Å². The SMILES string of the molecule is Nc1cc(F)c(C(=O)OCCO)cc1F. The molecular weight excluding hydrogens is 208 g/mol. The van der Waals surface area contributed by atoms with Crippen molar-refractivity contribution in [3.05, 3.63) is 29.3 Å². The van der Waals surface area contributed by atoms with Gasteiger partial charge in [0, 0.05) is 6.07 Å². The van der Waals surface area contributed by atoms with E-state index in [0.717, 1.165) is 0 Å². The van der Waals surface area contributed by atoms with Crippen molar-refractivity contribution in [3.8, 4) is 0 Å². The molecule has 0 amide bonds. The lowest BCUT2D eigenvalue weighted by Gasteiger charge is -2.05. The van der Waals surface area contributed by atoms with E-state index in [1.807, 2.05) is 0 Å². The summed E-state index contributed by atoms with van der Waals surface area (Å²) in [4.78, 5) is 11.1. The molecule has 0 bridgehead atoms. The summed E-state index contributed by atoms with van der Waals surface area (Å²) in [6.45, 7) is -0.658. The predicted molar refractivity (Wildman–Crippen MR) is 48.1 cm³/mol. The van der Waals surface area contributed by atoms with Gasteiger partial charge in [-0.05, 0) is 6.07 Å². The van der Waals surface area contributed by atoms with Gasteiger partial charge in [-0.3, -0.25) is 0 Å². The molecule has 0 unspecified atom stereocenters. The molecule has 1 aromatic carbocycles. The number of anilines is 1. The van der Waals surface area contributed by atoms with Crippen molar-refractivity contribution in [3.63, 3.8) is 0 Å². The fraction of sp³-hybridized carbons (Fsp3) is 0.222. The highest BCUT2D eigenvalue weighted by molar-refractivity contribution is 5.90. The maximum Gasteiger partial charge on any atom is 0.341 e. The Morgan fingerprint density at radius 3 is 2.67 bits per heavy atom. The van der Waals surface area contributed by atoms with E-state index in [-0.39, 0.29) is 18.9 Å². The molecule has 3 N–H and O–H groups in total. The van der Waals surface area contributed by atoms with Gasteiger partial charge in [0.1, 0.15) is 18.2 Å². The molecule has 0 aliphatic rings. The number of halogens is 2. The van der Waals surface area contributed by atoms with Crippen LogP contribution in [0.4, 0.5) is 14.5 Å². The van der Waals surface area contributed by atoms with Crippen LogP contribution in [-0.2, 0) is 4.74 Å². The summed E-state index contributed by atoms with van der Waals surface area (Å²) in [5, 5.41) is 8.37. The second-order valence-electron chi connectivity index (χ2n) is 2.71. The first kappa shape index (κ1) is 11.4. The Balaban J connectivity index is 2.94. The van der Waals surface area contributed by atoms with Gasteiger partial charge in [-0.15, -0.1) is 0 Å². The van der Waals surface area contributed by atoms with E-state index < -0.39 is 23.2 Å². The number of carbonyl (C=O) groups is 1. The van der Waals surface area contributed by atoms with Gasteiger partial charge in [-0.1, -0.05) is 0 Å². The lowest BCUT2D eigenvalue weighted by Crippen LogP contribution is -2.11. The highest BCUT2D eigenvalue weighted by atomic mass is 19.1. The van der Waals surface area contributed by atoms with E-state index in [1.165, 1.54) is 0 Å². The van der Waals surface area contributed by atoms with E-state index in [2.05, 4.69) is 4.74 Å². The fourth-order valence-corrected chi connectivity index (χ4v) is 0.935. The van der Waals surface area contributed by atoms with Crippen molar-refractivity contribution in [2.45, 2.75) is 0 Å². The normalized spacial score (nSPS) is 10.1. The number of aliphatic hydroxyl groups is 1. The Morgan fingerprint density at radius 2 is 2.07 bits per heavy atom. The van der Waals surface area contributed by atoms with Gasteiger partial charge in [0.05, 0.1) is 17.9 Å². The van der Waals surface area contributed by atoms with E-state index in [4.69, 9.17) is 10.8 Å². The summed E-state index contributed by atoms with van der Waals surface area (Å²) in [5.41, 5.74) is 4.15. The van der Waals surface area contributed by atoms with Crippen molar-refractivity contribution in [2.75, 3.05) is 18.9 Å². The van der Waals surface area contributed by atoms with Gasteiger partial charge in [-0.25, -0.2) is 13.6 Å². The van der Waals surface area contributed by atoms with Crippen molar-refractivity contribution in [1.82, 2.24) is 0 Å². The topological polar surface area (TPSA) is 72.6 Å². The zero-order valence-corrected chi connectivity index (χ0v) is 7.67. The maximum absolute atomic E-state index is 13.1. The van der Waals surface area contributed by atoms with Crippen LogP contribution in [0.3, 0.4) is 0 Å². The Morgan fingerprint density at radius 1 is 1.40 bits per heavy atom. The smallest absolute Gasteiger partial charge is 0.341 e. The van der Waals surface area contributed by atoms with Gasteiger partial charge in [0.2, 0.25) is 0 Å². The molecule has 0 aliphatic carbocycles. The standard InChI is InChI=1S/C9H9F2NO3/c10-6-4-8(12)7(11)3-5(6)9(14)15-2-1-13/h3-4,13H,1-2,12H2. The molecule has 1 rings (SSSR count). The molecule has 0 aliphatic heterocycles. The van der Waals surface area contributed by atoms with E-state index in [9.17, 15) is 13.6 Å². The van der Waals surface area contributed by atoms with E-state index >= 15 is 0 Å². The zero-order valence-electron chi connectivity index (χ0n) is 7.67. The molecule has 15 heavy (non-hydrogen) atoms. The molecule has 0 spiro atoms. The van der Waals surface area contributed by atoms with E-state index in [1.54, 1.807) is 0 Å². The van der Waals surface area contributed by atoms with Gasteiger partial charge in [-0.2, -0.15) is 0 Å². The van der Waals surface area contributed by atoms with Crippen LogP contribution in [0.25, 0.3) is 0 Å². The number of nitrogens with two attached hydrogens (primary N) is 1. The largest absolute Gasteiger partial charge is 0.460 e. The molecule has 0 heterocycles. The highest BCUT2D eigenvalue weighted by Gasteiger charge is 2.15. The average Bonchev–Trinajstić information content (AvgIpc) is 2.20. The van der Waals surface area contributed by atoms with Gasteiger partial charge < -0.3 is 15.6 Å². The first-order valence-electron chi connectivity index (χ1n) is 4.08. The summed E-state index contributed by atoms with van der Waals surface area (Å²) in [5.74, 6) is -2.90. The Hall–Kier alpha value is -1.69. The molecule has 0 radical (unpaired) electrons. The molecular formula is C9H9F2NO3. The number of nitrogen functional groups attached to an aromatic ring is 1. The van der Waals surface area contributed by atoms with Crippen LogP contribution in [0.15, 0.2) is 12.1 Å². The van der Waals surface area contributed by atoms with Crippen molar-refractivity contribution < 1.29 is 23.4 Å². The van der Waals surface area contributed by atoms with Gasteiger partial charge in [0.25, 0.3) is 0 Å². The number of rotatable bonds is 3. The Labute approximate surface area is 84.3 Å². The van der Waals surface area contributed by atoms with Gasteiger partial charge in [0.15, 0.2) is 0 Å². The van der Waals surface area contributed by atoms with Crippen molar-refractivity contribution in [1.29, 1.82) is 0 Å². The minimum atomic E-state index is -1.04. The van der Waals surface area contributed by atoms with Crippen LogP contribution in [0, 0.1) is 11.6 Å². The van der Waals surface area contributed by atoms with Gasteiger partial charge >= 0.3 is 5.97 Å². The molecule has 0 saturated carbocycles. The van der Waals surface area contributed by atoms with Crippen LogP contribution >= 0.6 is 0 Å². The summed E-state index contributed by atoms with van der Waals surface area (Å²) in [7, 11) is 0. The first-order valence-corrected chi connectivity index (χ1v) is 4.08. The summed E-state index contributed by atoms with van der Waals surface area (Å²) in [6.07, 6.45) is 0. The quantitative estimate of drug-likeness (QED) is 0.577. The molecule has 4 nitrogen and oxygen atoms in total. The van der Waals surface area contributed by atoms with Crippen LogP contribution in [-0.4, -0.2) is 24.3 Å². The lowest BCUT2D eigenvalue weighted by atomic mass is 10.2. The first-order chi connectivity index (χ1) is 7.06. The summed E-state index contributed by atoms with van der Waals surface area (Å²) >= 11 is 0. The zero-order chi connectivity index (χ0) is 11.4. The highest BCUT2D eigenvalue weighted by Crippen LogP contribution is 2.17. The molecule has 0 saturated heterocycles. The third-order valence-corrected chi connectivity index (χ3v) is 1.63. The maximum atomic E-state index is 13.1. The summed E-state index contributed by atoms with van der Waals surface area (Å²) in [6, 6.07) is 1.36. The second kappa shape index (κ2) is 4.70. The number of hydrogen-bond acceptors (Lipinski definition) is 4. The molecule has 0 aromatic heterocycles. The fourth-order valence-electron chi connectivity index (χ4n) is 0.935. The number of benzene rings is 1. The van der Waals surface area contributed by atoms with Crippen LogP contribution in [0.2, 0.25) is 0 Å². The average molecular weight is 217 g/mol. The lowest BCUT2D eigenvalue weighted by molar-refractivity contribution is 0.0428. The molecule has 6 heteroatoms. The minimum Gasteiger partial charge on any atom is -0.460 e. The van der Waals surface area contributed by atoms with Crippen LogP contribution in [0.5, 0.6) is 0 Å². The Kier molecular flexibility index (Phi) is 3.56. The molecule has 0 atom stereocenters. The number of hydrogen-bond donors (Lipinski definition) is 2. The predicted octanol–water partition coefficient (Wildman–Crippen LogP) is 0.696. The van der Waals surface area contributed by atoms with E-state index in [0.29, 0.717) is 12.1 Å². The van der Waals surface area contributed by atoms with Crippen molar-refractivity contribution in [2.24, 2.45) is 0 Å². The Bertz CT molecular complexity index is 382. The molecule has 1 aromatic rings. The summed E-state index contributed by atoms with van der Waals surface area (Å²) < 4.78 is 30.4. The third kappa shape index (κ3) is 2.63. The van der Waals surface area contributed by atoms with Crippen LogP contribution in [0.1, 0.15) is 10.4 Å². The monoisotopic (exact) mass is 217 g/mol. The number of carbonyl (C=O) groups excluding carboxylic acids is 1. The third-order valence-electron chi connectivity index (χ3n) is 1.63. The second-order valence-corrected chi connectivity index (χ2v) is 2.71. The van der Waals surface area contributed by atoms with Crippen molar-refractivity contribution >= 4 is 11.7 Å². The number of aliphatic hydroxyl groups excluding tert-OH is 1. The number of esters is 1.